The monoisotopic (exact) mass is 291 g/mol. The summed E-state index contributed by atoms with van der Waals surface area (Å²) in [7, 11) is 0. The van der Waals surface area contributed by atoms with E-state index < -0.39 is 0 Å². The first kappa shape index (κ1) is 17.4. The van der Waals surface area contributed by atoms with Crippen molar-refractivity contribution in [1.29, 1.82) is 0 Å². The van der Waals surface area contributed by atoms with Crippen molar-refractivity contribution in [2.75, 3.05) is 6.54 Å². The van der Waals surface area contributed by atoms with Gasteiger partial charge in [0, 0.05) is 5.56 Å². The fourth-order valence-electron chi connectivity index (χ4n) is 1.97. The van der Waals surface area contributed by atoms with Gasteiger partial charge in [-0.2, -0.15) is 0 Å². The van der Waals surface area contributed by atoms with Gasteiger partial charge in [-0.05, 0) is 47.1 Å². The van der Waals surface area contributed by atoms with Crippen LogP contribution in [0.15, 0.2) is 24.3 Å². The van der Waals surface area contributed by atoms with Gasteiger partial charge in [-0.3, -0.25) is 9.59 Å². The molecule has 0 bridgehead atoms. The second kappa shape index (κ2) is 7.93. The van der Waals surface area contributed by atoms with E-state index >= 15 is 0 Å². The summed E-state index contributed by atoms with van der Waals surface area (Å²) in [5, 5.41) is 3.22. The Morgan fingerprint density at radius 1 is 1.29 bits per heavy atom. The Kier molecular flexibility index (Phi) is 6.56. The summed E-state index contributed by atoms with van der Waals surface area (Å²) >= 11 is 0. The van der Waals surface area contributed by atoms with E-state index in [0.29, 0.717) is 6.47 Å². The molecule has 1 heterocycles. The predicted molar refractivity (Wildman–Crippen MR) is 83.4 cm³/mol. The zero-order valence-electron chi connectivity index (χ0n) is 13.3. The first-order valence-electron chi connectivity index (χ1n) is 7.29. The van der Waals surface area contributed by atoms with Crippen molar-refractivity contribution in [2.45, 2.75) is 52.2 Å². The molecule has 0 amide bonds. The summed E-state index contributed by atoms with van der Waals surface area (Å²) in [4.78, 5) is 21.5. The lowest BCUT2D eigenvalue weighted by Gasteiger charge is -2.14. The van der Waals surface area contributed by atoms with Crippen LogP contribution in [0.2, 0.25) is 0 Å². The number of rotatable bonds is 3. The molecule has 1 aliphatic rings. The third-order valence-electron chi connectivity index (χ3n) is 3.11. The summed E-state index contributed by atoms with van der Waals surface area (Å²) in [5.74, 6) is 0.238. The minimum absolute atomic E-state index is 0.0534. The highest BCUT2D eigenvalue weighted by Gasteiger charge is 2.22. The number of Topliss-reactive ketones (excluding diaryl/α,β-unsaturated/α-hetero) is 1. The van der Waals surface area contributed by atoms with Crippen LogP contribution in [0.5, 0.6) is 0 Å². The molecule has 0 aromatic heterocycles. The summed E-state index contributed by atoms with van der Waals surface area (Å²) in [5.41, 5.74) is 1.71. The third-order valence-corrected chi connectivity index (χ3v) is 3.11. The third kappa shape index (κ3) is 6.54. The number of carbonyl (C=O) groups is 2. The van der Waals surface area contributed by atoms with Crippen molar-refractivity contribution in [2.24, 2.45) is 0 Å². The molecule has 0 unspecified atom stereocenters. The number of aryl methyl sites for hydroxylation is 1. The largest absolute Gasteiger partial charge is 0.462 e. The van der Waals surface area contributed by atoms with E-state index in [2.05, 4.69) is 10.1 Å². The van der Waals surface area contributed by atoms with Crippen LogP contribution in [0.3, 0.4) is 0 Å². The number of ketones is 1. The van der Waals surface area contributed by atoms with Gasteiger partial charge in [0.1, 0.15) is 5.60 Å². The van der Waals surface area contributed by atoms with Crippen molar-refractivity contribution in [1.82, 2.24) is 5.32 Å². The molecule has 4 nitrogen and oxygen atoms in total. The first-order valence-corrected chi connectivity index (χ1v) is 7.29. The lowest BCUT2D eigenvalue weighted by molar-refractivity contribution is -0.138. The van der Waals surface area contributed by atoms with Gasteiger partial charge >= 0.3 is 0 Å². The van der Waals surface area contributed by atoms with Crippen LogP contribution in [0, 0.1) is 6.92 Å². The van der Waals surface area contributed by atoms with Gasteiger partial charge in [0.25, 0.3) is 6.47 Å². The first-order chi connectivity index (χ1) is 9.83. The Balaban J connectivity index is 0.000000270. The molecule has 0 radical (unpaired) electrons. The molecular weight excluding hydrogens is 266 g/mol. The second-order valence-corrected chi connectivity index (χ2v) is 6.21. The fourth-order valence-corrected chi connectivity index (χ4v) is 1.97. The Labute approximate surface area is 126 Å². The van der Waals surface area contributed by atoms with E-state index in [0.717, 1.165) is 24.9 Å². The molecule has 1 aromatic rings. The molecule has 21 heavy (non-hydrogen) atoms. The van der Waals surface area contributed by atoms with Crippen LogP contribution >= 0.6 is 0 Å². The van der Waals surface area contributed by atoms with Crippen LogP contribution < -0.4 is 5.32 Å². The summed E-state index contributed by atoms with van der Waals surface area (Å²) in [6.45, 7) is 8.93. The topological polar surface area (TPSA) is 55.4 Å². The summed E-state index contributed by atoms with van der Waals surface area (Å²) in [6.07, 6.45) is 2.09. The quantitative estimate of drug-likeness (QED) is 0.687. The van der Waals surface area contributed by atoms with Crippen LogP contribution in [0.4, 0.5) is 0 Å². The molecular formula is C17H25NO3. The maximum atomic E-state index is 11.9. The average Bonchev–Trinajstić information content (AvgIpc) is 2.92. The number of benzene rings is 1. The lowest BCUT2D eigenvalue weighted by atomic mass is 10.0. The lowest BCUT2D eigenvalue weighted by Crippen LogP contribution is -2.30. The molecule has 2 rings (SSSR count). The SMILES string of the molecule is CC(C)(C)OC=O.Cc1ccc(C(=O)[C@H]2CCCN2)cc1. The van der Waals surface area contributed by atoms with E-state index in [1.54, 1.807) is 0 Å². The molecule has 0 saturated carbocycles. The van der Waals surface area contributed by atoms with Crippen LogP contribution in [-0.2, 0) is 9.53 Å². The highest BCUT2D eigenvalue weighted by Crippen LogP contribution is 2.12. The number of hydrogen-bond donors (Lipinski definition) is 1. The van der Waals surface area contributed by atoms with Gasteiger partial charge in [-0.15, -0.1) is 0 Å². The molecule has 4 heteroatoms. The molecule has 0 aliphatic carbocycles. The van der Waals surface area contributed by atoms with E-state index in [-0.39, 0.29) is 17.4 Å². The molecule has 0 spiro atoms. The normalized spacial score (nSPS) is 17.6. The number of ether oxygens (including phenoxy) is 1. The minimum Gasteiger partial charge on any atom is -0.462 e. The molecule has 1 aliphatic heterocycles. The van der Waals surface area contributed by atoms with Crippen molar-refractivity contribution >= 4 is 12.3 Å². The molecule has 1 N–H and O–H groups in total. The van der Waals surface area contributed by atoms with Crippen LogP contribution in [-0.4, -0.2) is 30.4 Å². The average molecular weight is 291 g/mol. The molecule has 1 saturated heterocycles. The van der Waals surface area contributed by atoms with Crippen molar-refractivity contribution in [3.05, 3.63) is 35.4 Å². The zero-order chi connectivity index (χ0) is 15.9. The second-order valence-electron chi connectivity index (χ2n) is 6.21. The van der Waals surface area contributed by atoms with Gasteiger partial charge in [0.15, 0.2) is 5.78 Å². The molecule has 116 valence electrons. The molecule has 1 fully saturated rings. The number of carbonyl (C=O) groups excluding carboxylic acids is 2. The highest BCUT2D eigenvalue weighted by molar-refractivity contribution is 6.00. The van der Waals surface area contributed by atoms with E-state index in [1.165, 1.54) is 5.56 Å². The predicted octanol–water partition coefficient (Wildman–Crippen LogP) is 2.89. The van der Waals surface area contributed by atoms with Crippen molar-refractivity contribution in [3.63, 3.8) is 0 Å². The fraction of sp³-hybridized carbons (Fsp3) is 0.529. The van der Waals surface area contributed by atoms with Gasteiger partial charge in [-0.1, -0.05) is 29.8 Å². The Morgan fingerprint density at radius 3 is 2.29 bits per heavy atom. The smallest absolute Gasteiger partial charge is 0.293 e. The van der Waals surface area contributed by atoms with Crippen LogP contribution in [0.1, 0.15) is 49.5 Å². The van der Waals surface area contributed by atoms with E-state index in [4.69, 9.17) is 0 Å². The summed E-state index contributed by atoms with van der Waals surface area (Å²) in [6, 6.07) is 7.86. The van der Waals surface area contributed by atoms with Crippen molar-refractivity contribution in [3.8, 4) is 0 Å². The molecule has 1 atom stereocenters. The standard InChI is InChI=1S/C12H15NO.C5H10O2/c1-9-4-6-10(7-5-9)12(14)11-3-2-8-13-11;1-5(2,3)7-4-6/h4-7,11,13H,2-3,8H2,1H3;4H,1-3H3/t11-;/m1./s1. The number of nitrogens with one attached hydrogen (secondary N) is 1. The Bertz CT molecular complexity index is 454. The zero-order valence-corrected chi connectivity index (χ0v) is 13.3. The van der Waals surface area contributed by atoms with Gasteiger partial charge < -0.3 is 10.1 Å². The van der Waals surface area contributed by atoms with Gasteiger partial charge in [-0.25, -0.2) is 0 Å². The van der Waals surface area contributed by atoms with Gasteiger partial charge in [0.05, 0.1) is 6.04 Å². The van der Waals surface area contributed by atoms with Gasteiger partial charge in [0.2, 0.25) is 0 Å². The highest BCUT2D eigenvalue weighted by atomic mass is 16.5. The summed E-state index contributed by atoms with van der Waals surface area (Å²) < 4.78 is 4.55. The Hall–Kier alpha value is -1.68. The maximum absolute atomic E-state index is 11.9. The van der Waals surface area contributed by atoms with E-state index in [9.17, 15) is 9.59 Å². The number of hydrogen-bond acceptors (Lipinski definition) is 4. The molecule has 1 aromatic carbocycles. The van der Waals surface area contributed by atoms with Crippen LogP contribution in [0.25, 0.3) is 0 Å². The van der Waals surface area contributed by atoms with Crippen molar-refractivity contribution < 1.29 is 14.3 Å². The minimum atomic E-state index is -0.318. The Morgan fingerprint density at radius 2 is 1.90 bits per heavy atom. The maximum Gasteiger partial charge on any atom is 0.293 e. The van der Waals surface area contributed by atoms with E-state index in [1.807, 2.05) is 52.0 Å².